The zero-order chi connectivity index (χ0) is 17.7. The Bertz CT molecular complexity index is 754. The van der Waals surface area contributed by atoms with E-state index in [0.717, 1.165) is 12.8 Å². The summed E-state index contributed by atoms with van der Waals surface area (Å²) < 4.78 is 61.5. The molecule has 0 bridgehead atoms. The lowest BCUT2D eigenvalue weighted by molar-refractivity contribution is 0.415. The lowest BCUT2D eigenvalue weighted by atomic mass is 9.99. The van der Waals surface area contributed by atoms with E-state index >= 15 is 0 Å². The second kappa shape index (κ2) is 7.99. The lowest BCUT2D eigenvalue weighted by Gasteiger charge is -2.11. The Kier molecular flexibility index (Phi) is 6.01. The van der Waals surface area contributed by atoms with E-state index in [-0.39, 0.29) is 22.4 Å². The van der Waals surface area contributed by atoms with Crippen molar-refractivity contribution in [1.29, 1.82) is 0 Å². The van der Waals surface area contributed by atoms with Crippen LogP contribution < -0.4 is 4.74 Å². The van der Waals surface area contributed by atoms with Crippen LogP contribution in [0.25, 0.3) is 11.1 Å². The molecule has 0 heterocycles. The van der Waals surface area contributed by atoms with E-state index in [1.54, 1.807) is 6.92 Å². The van der Waals surface area contributed by atoms with Crippen molar-refractivity contribution in [3.63, 3.8) is 0 Å². The van der Waals surface area contributed by atoms with Crippen molar-refractivity contribution in [2.24, 2.45) is 0 Å². The van der Waals surface area contributed by atoms with Crippen LogP contribution in [0.4, 0.5) is 17.6 Å². The van der Waals surface area contributed by atoms with Crippen molar-refractivity contribution in [3.8, 4) is 16.9 Å². The number of allylic oxidation sites excluding steroid dienone is 1. The molecule has 0 fully saturated rings. The Morgan fingerprint density at radius 1 is 0.875 bits per heavy atom. The van der Waals surface area contributed by atoms with Gasteiger partial charge in [0.2, 0.25) is 5.82 Å². The highest BCUT2D eigenvalue weighted by molar-refractivity contribution is 5.66. The summed E-state index contributed by atoms with van der Waals surface area (Å²) in [5.74, 6) is -5.05. The predicted octanol–water partition coefficient (Wildman–Crippen LogP) is 6.17. The van der Waals surface area contributed by atoms with E-state index in [1.165, 1.54) is 36.6 Å². The fourth-order valence-electron chi connectivity index (χ4n) is 2.33. The molecule has 24 heavy (non-hydrogen) atoms. The summed E-state index contributed by atoms with van der Waals surface area (Å²) in [6, 6.07) is 5.02. The first-order valence-corrected chi connectivity index (χ1v) is 7.74. The van der Waals surface area contributed by atoms with Gasteiger partial charge in [0.1, 0.15) is 0 Å². The highest BCUT2D eigenvalue weighted by Gasteiger charge is 2.21. The van der Waals surface area contributed by atoms with Crippen LogP contribution in [0.3, 0.4) is 0 Å². The molecule has 0 amide bonds. The quantitative estimate of drug-likeness (QED) is 0.452. The summed E-state index contributed by atoms with van der Waals surface area (Å²) in [6.07, 6.45) is 4.66. The van der Waals surface area contributed by atoms with Crippen LogP contribution in [0.2, 0.25) is 0 Å². The maximum atomic E-state index is 14.3. The molecule has 0 saturated heterocycles. The number of hydrogen-bond acceptors (Lipinski definition) is 1. The Labute approximate surface area is 138 Å². The highest BCUT2D eigenvalue weighted by atomic mass is 19.2. The average molecular weight is 338 g/mol. The molecule has 0 aliphatic carbocycles. The molecule has 0 spiro atoms. The minimum Gasteiger partial charge on any atom is -0.462 e. The van der Waals surface area contributed by atoms with E-state index in [2.05, 4.69) is 0 Å². The molecule has 0 atom stereocenters. The largest absolute Gasteiger partial charge is 0.462 e. The fraction of sp³-hybridized carbons (Fsp3) is 0.263. The van der Waals surface area contributed by atoms with Gasteiger partial charge in [-0.15, -0.1) is 0 Å². The van der Waals surface area contributed by atoms with Gasteiger partial charge in [0.05, 0.1) is 6.26 Å². The first-order chi connectivity index (χ1) is 11.5. The number of rotatable bonds is 6. The summed E-state index contributed by atoms with van der Waals surface area (Å²) in [5.41, 5.74) is -0.437. The maximum Gasteiger partial charge on any atom is 0.201 e. The van der Waals surface area contributed by atoms with E-state index in [0.29, 0.717) is 6.42 Å². The number of ether oxygens (including phenoxy) is 1. The van der Waals surface area contributed by atoms with Crippen molar-refractivity contribution in [1.82, 2.24) is 0 Å². The van der Waals surface area contributed by atoms with E-state index in [4.69, 9.17) is 4.74 Å². The third kappa shape index (κ3) is 3.61. The van der Waals surface area contributed by atoms with Crippen molar-refractivity contribution < 1.29 is 22.3 Å². The number of benzene rings is 2. The second-order valence-corrected chi connectivity index (χ2v) is 5.33. The van der Waals surface area contributed by atoms with Gasteiger partial charge in [0.25, 0.3) is 0 Å². The van der Waals surface area contributed by atoms with Gasteiger partial charge >= 0.3 is 0 Å². The van der Waals surface area contributed by atoms with Crippen LogP contribution in [0, 0.1) is 23.3 Å². The number of unbranched alkanes of at least 4 members (excludes halogenated alkanes) is 1. The van der Waals surface area contributed by atoms with E-state index in [9.17, 15) is 17.6 Å². The Balaban J connectivity index is 2.45. The topological polar surface area (TPSA) is 9.23 Å². The lowest BCUT2D eigenvalue weighted by Crippen LogP contribution is -2.00. The smallest absolute Gasteiger partial charge is 0.201 e. The van der Waals surface area contributed by atoms with Crippen LogP contribution in [-0.4, -0.2) is 0 Å². The molecule has 0 unspecified atom stereocenters. The minimum absolute atomic E-state index is 0.229. The number of aryl methyl sites for hydroxylation is 1. The molecule has 0 aromatic heterocycles. The van der Waals surface area contributed by atoms with Gasteiger partial charge in [-0.1, -0.05) is 31.6 Å². The third-order valence-corrected chi connectivity index (χ3v) is 3.63. The van der Waals surface area contributed by atoms with Gasteiger partial charge in [-0.2, -0.15) is 4.39 Å². The SMILES string of the molecule is C/C=C/Oc1ccc(-c2ccc(CCCC)c(F)c2F)c(F)c1F. The summed E-state index contributed by atoms with van der Waals surface area (Å²) in [7, 11) is 0. The van der Waals surface area contributed by atoms with Gasteiger partial charge in [-0.3, -0.25) is 0 Å². The molecule has 0 radical (unpaired) electrons. The molecule has 2 aromatic carbocycles. The molecule has 5 heteroatoms. The third-order valence-electron chi connectivity index (χ3n) is 3.63. The molecule has 0 aliphatic rings. The van der Waals surface area contributed by atoms with Gasteiger partial charge in [-0.25, -0.2) is 13.2 Å². The highest BCUT2D eigenvalue weighted by Crippen LogP contribution is 2.33. The van der Waals surface area contributed by atoms with Crippen molar-refractivity contribution >= 4 is 0 Å². The molecule has 128 valence electrons. The van der Waals surface area contributed by atoms with Crippen LogP contribution in [0.1, 0.15) is 32.3 Å². The second-order valence-electron chi connectivity index (χ2n) is 5.33. The molecule has 0 aliphatic heterocycles. The summed E-state index contributed by atoms with van der Waals surface area (Å²) in [5, 5.41) is 0. The van der Waals surface area contributed by atoms with Crippen LogP contribution in [0.5, 0.6) is 5.75 Å². The van der Waals surface area contributed by atoms with Crippen LogP contribution >= 0.6 is 0 Å². The normalized spacial score (nSPS) is 11.2. The Morgan fingerprint density at radius 2 is 1.50 bits per heavy atom. The molecule has 1 nitrogen and oxygen atoms in total. The van der Waals surface area contributed by atoms with Gasteiger partial charge in [0.15, 0.2) is 23.2 Å². The van der Waals surface area contributed by atoms with Gasteiger partial charge in [0, 0.05) is 11.1 Å². The van der Waals surface area contributed by atoms with Crippen molar-refractivity contribution in [2.75, 3.05) is 0 Å². The molecule has 0 N–H and O–H groups in total. The zero-order valence-corrected chi connectivity index (χ0v) is 13.5. The van der Waals surface area contributed by atoms with E-state index < -0.39 is 23.3 Å². The molecular weight excluding hydrogens is 320 g/mol. The zero-order valence-electron chi connectivity index (χ0n) is 13.5. The van der Waals surface area contributed by atoms with Crippen molar-refractivity contribution in [3.05, 3.63) is 65.4 Å². The number of hydrogen-bond donors (Lipinski definition) is 0. The predicted molar refractivity (Wildman–Crippen MR) is 85.8 cm³/mol. The molecule has 2 rings (SSSR count). The average Bonchev–Trinajstić information content (AvgIpc) is 2.58. The Hall–Kier alpha value is -2.30. The summed E-state index contributed by atoms with van der Waals surface area (Å²) >= 11 is 0. The first-order valence-electron chi connectivity index (χ1n) is 7.74. The maximum absolute atomic E-state index is 14.3. The standard InChI is InChI=1S/C19H18F4O/c1-3-5-6-12-7-8-13(17(21)16(12)20)14-9-10-15(24-11-4-2)19(23)18(14)22/h4,7-11H,3,5-6H2,1-2H3/b11-4+. The summed E-state index contributed by atoms with van der Waals surface area (Å²) in [6.45, 7) is 3.60. The Morgan fingerprint density at radius 3 is 2.12 bits per heavy atom. The molecule has 2 aromatic rings. The van der Waals surface area contributed by atoms with Gasteiger partial charge < -0.3 is 4.74 Å². The molecule has 0 saturated carbocycles. The van der Waals surface area contributed by atoms with Crippen LogP contribution in [0.15, 0.2) is 36.6 Å². The fourth-order valence-corrected chi connectivity index (χ4v) is 2.33. The monoisotopic (exact) mass is 338 g/mol. The first kappa shape index (κ1) is 18.0. The minimum atomic E-state index is -1.28. The van der Waals surface area contributed by atoms with E-state index in [1.807, 2.05) is 6.92 Å². The number of halogens is 4. The molecular formula is C19H18F4O. The van der Waals surface area contributed by atoms with Crippen LogP contribution in [-0.2, 0) is 6.42 Å². The summed E-state index contributed by atoms with van der Waals surface area (Å²) in [4.78, 5) is 0. The van der Waals surface area contributed by atoms with Crippen molar-refractivity contribution in [2.45, 2.75) is 33.1 Å². The van der Waals surface area contributed by atoms with Gasteiger partial charge in [-0.05, 0) is 37.5 Å².